The number of carbonyl (C=O) groups is 1. The zero-order valence-corrected chi connectivity index (χ0v) is 20.3. The largest absolute Gasteiger partial charge is 0.493 e. The number of amides is 1. The molecule has 0 N–H and O–H groups in total. The lowest BCUT2D eigenvalue weighted by Gasteiger charge is -2.60. The van der Waals surface area contributed by atoms with Crippen LogP contribution in [0.5, 0.6) is 11.5 Å². The highest BCUT2D eigenvalue weighted by Crippen LogP contribution is 2.64. The average molecular weight is 483 g/mol. The normalized spacial score (nSPS) is 34.5. The molecule has 0 radical (unpaired) electrons. The first-order valence-electron chi connectivity index (χ1n) is 11.4. The van der Waals surface area contributed by atoms with Crippen LogP contribution in [0.25, 0.3) is 0 Å². The molecule has 4 bridgehead atoms. The van der Waals surface area contributed by atoms with Crippen LogP contribution in [0.4, 0.5) is 0 Å². The molecule has 1 aromatic carbocycles. The highest BCUT2D eigenvalue weighted by atomic mass is 35.5. The lowest BCUT2D eigenvalue weighted by atomic mass is 9.49. The van der Waals surface area contributed by atoms with Crippen LogP contribution >= 0.6 is 11.6 Å². The third-order valence-corrected chi connectivity index (χ3v) is 10.3. The number of carbonyl (C=O) groups excluding carboxylic acids is 1. The highest BCUT2D eigenvalue weighted by Gasteiger charge is 2.60. The molecule has 5 fully saturated rings. The van der Waals surface area contributed by atoms with E-state index in [1.165, 1.54) is 37.1 Å². The summed E-state index contributed by atoms with van der Waals surface area (Å²) in [6.45, 7) is 1.41. The fraction of sp³-hybridized carbons (Fsp3) is 0.696. The number of ether oxygens (including phenoxy) is 2. The van der Waals surface area contributed by atoms with Gasteiger partial charge < -0.3 is 14.4 Å². The van der Waals surface area contributed by atoms with Crippen molar-refractivity contribution in [2.24, 2.45) is 17.3 Å². The number of rotatable bonds is 5. The van der Waals surface area contributed by atoms with E-state index in [-0.39, 0.29) is 34.2 Å². The molecule has 32 heavy (non-hydrogen) atoms. The predicted molar refractivity (Wildman–Crippen MR) is 121 cm³/mol. The maximum atomic E-state index is 13.6. The Balaban J connectivity index is 1.29. The Morgan fingerprint density at radius 2 is 1.62 bits per heavy atom. The standard InChI is InChI=1S/C23H31ClN2O5S/c1-30-19-4-3-18(10-20(19)31-2)32(28,29)26-7-5-25(6-8-26)21(27)22-11-16-9-17(12-22)14-23(24,13-16)15-22/h3-4,10,16-17H,5-9,11-15H2,1-2H3. The van der Waals surface area contributed by atoms with Crippen molar-refractivity contribution in [1.82, 2.24) is 9.21 Å². The first-order chi connectivity index (χ1) is 15.2. The van der Waals surface area contributed by atoms with Crippen LogP contribution in [0.1, 0.15) is 38.5 Å². The molecule has 4 saturated carbocycles. The molecule has 7 nitrogen and oxygen atoms in total. The number of alkyl halides is 1. The fourth-order valence-electron chi connectivity index (χ4n) is 6.99. The van der Waals surface area contributed by atoms with Gasteiger partial charge in [0.2, 0.25) is 15.9 Å². The van der Waals surface area contributed by atoms with Gasteiger partial charge in [0.25, 0.3) is 0 Å². The summed E-state index contributed by atoms with van der Waals surface area (Å²) in [7, 11) is -0.693. The first-order valence-corrected chi connectivity index (χ1v) is 13.2. The SMILES string of the molecule is COc1ccc(S(=O)(=O)N2CCN(C(=O)C34CC5CC(CC(Cl)(C5)C3)C4)CC2)cc1OC. The number of benzene rings is 1. The quantitative estimate of drug-likeness (QED) is 0.603. The smallest absolute Gasteiger partial charge is 0.243 e. The Bertz CT molecular complexity index is 1010. The summed E-state index contributed by atoms with van der Waals surface area (Å²) < 4.78 is 38.3. The van der Waals surface area contributed by atoms with Gasteiger partial charge >= 0.3 is 0 Å². The van der Waals surface area contributed by atoms with Crippen molar-refractivity contribution in [1.29, 1.82) is 0 Å². The number of halogens is 1. The molecule has 4 aliphatic carbocycles. The van der Waals surface area contributed by atoms with Crippen LogP contribution in [-0.4, -0.2) is 68.8 Å². The monoisotopic (exact) mass is 482 g/mol. The van der Waals surface area contributed by atoms with Gasteiger partial charge in [-0.15, -0.1) is 11.6 Å². The molecule has 0 spiro atoms. The summed E-state index contributed by atoms with van der Waals surface area (Å²) in [5, 5.41) is 0. The number of nitrogens with zero attached hydrogens (tertiary/aromatic N) is 2. The zero-order valence-electron chi connectivity index (χ0n) is 18.7. The first kappa shape index (κ1) is 22.3. The molecule has 1 heterocycles. The lowest BCUT2D eigenvalue weighted by molar-refractivity contribution is -0.157. The molecule has 9 heteroatoms. The highest BCUT2D eigenvalue weighted by molar-refractivity contribution is 7.89. The average Bonchev–Trinajstić information content (AvgIpc) is 2.76. The van der Waals surface area contributed by atoms with E-state index in [1.54, 1.807) is 6.07 Å². The van der Waals surface area contributed by atoms with Gasteiger partial charge in [0.15, 0.2) is 11.5 Å². The zero-order chi connectivity index (χ0) is 22.7. The van der Waals surface area contributed by atoms with Crippen molar-refractivity contribution in [3.63, 3.8) is 0 Å². The van der Waals surface area contributed by atoms with Crippen LogP contribution in [0.2, 0.25) is 0 Å². The molecule has 2 unspecified atom stereocenters. The summed E-state index contributed by atoms with van der Waals surface area (Å²) in [4.78, 5) is 15.5. The van der Waals surface area contributed by atoms with Crippen LogP contribution in [0, 0.1) is 17.3 Å². The molecule has 2 atom stereocenters. The van der Waals surface area contributed by atoms with Crippen LogP contribution in [0.15, 0.2) is 23.1 Å². The van der Waals surface area contributed by atoms with Crippen LogP contribution in [0.3, 0.4) is 0 Å². The van der Waals surface area contributed by atoms with E-state index in [1.807, 2.05) is 4.90 Å². The van der Waals surface area contributed by atoms with Gasteiger partial charge in [0.05, 0.1) is 24.5 Å². The van der Waals surface area contributed by atoms with Crippen molar-refractivity contribution >= 4 is 27.5 Å². The van der Waals surface area contributed by atoms with E-state index < -0.39 is 10.0 Å². The summed E-state index contributed by atoms with van der Waals surface area (Å²) in [5.41, 5.74) is -0.337. The predicted octanol–water partition coefficient (Wildman–Crippen LogP) is 3.11. The molecular weight excluding hydrogens is 452 g/mol. The van der Waals surface area contributed by atoms with Gasteiger partial charge in [0.1, 0.15) is 0 Å². The molecule has 1 aromatic rings. The van der Waals surface area contributed by atoms with Crippen molar-refractivity contribution in [3.8, 4) is 11.5 Å². The third-order valence-electron chi connectivity index (χ3n) is 7.96. The molecule has 6 rings (SSSR count). The van der Waals surface area contributed by atoms with E-state index in [0.29, 0.717) is 36.4 Å². The number of methoxy groups -OCH3 is 2. The van der Waals surface area contributed by atoms with Gasteiger partial charge in [-0.2, -0.15) is 4.31 Å². The Labute approximate surface area is 195 Å². The minimum atomic E-state index is -3.68. The number of hydrogen-bond donors (Lipinski definition) is 0. The van der Waals surface area contributed by atoms with E-state index in [0.717, 1.165) is 32.1 Å². The summed E-state index contributed by atoms with van der Waals surface area (Å²) in [6.07, 6.45) is 5.95. The van der Waals surface area contributed by atoms with Crippen LogP contribution < -0.4 is 9.47 Å². The van der Waals surface area contributed by atoms with E-state index in [9.17, 15) is 13.2 Å². The maximum absolute atomic E-state index is 13.6. The molecule has 1 saturated heterocycles. The van der Waals surface area contributed by atoms with Gasteiger partial charge in [-0.05, 0) is 62.5 Å². The second-order valence-corrected chi connectivity index (χ2v) is 12.8. The summed E-state index contributed by atoms with van der Waals surface area (Å²) in [6, 6.07) is 4.62. The topological polar surface area (TPSA) is 76.2 Å². The number of sulfonamides is 1. The van der Waals surface area contributed by atoms with Crippen molar-refractivity contribution in [3.05, 3.63) is 18.2 Å². The minimum absolute atomic E-state index is 0.167. The Morgan fingerprint density at radius 3 is 2.19 bits per heavy atom. The molecule has 1 amide bonds. The molecular formula is C23H31ClN2O5S. The van der Waals surface area contributed by atoms with E-state index in [4.69, 9.17) is 21.1 Å². The third kappa shape index (κ3) is 3.59. The maximum Gasteiger partial charge on any atom is 0.243 e. The molecule has 5 aliphatic rings. The van der Waals surface area contributed by atoms with Gasteiger partial charge in [0, 0.05) is 37.1 Å². The van der Waals surface area contributed by atoms with E-state index in [2.05, 4.69) is 0 Å². The Morgan fingerprint density at radius 1 is 1.00 bits per heavy atom. The van der Waals surface area contributed by atoms with Crippen molar-refractivity contribution in [2.75, 3.05) is 40.4 Å². The van der Waals surface area contributed by atoms with E-state index >= 15 is 0 Å². The second kappa shape index (κ2) is 7.77. The Hall–Kier alpha value is -1.51. The summed E-state index contributed by atoms with van der Waals surface area (Å²) in [5.74, 6) is 2.17. The molecule has 176 valence electrons. The fourth-order valence-corrected chi connectivity index (χ4v) is 9.12. The minimum Gasteiger partial charge on any atom is -0.493 e. The number of hydrogen-bond acceptors (Lipinski definition) is 5. The molecule has 0 aromatic heterocycles. The number of piperazine rings is 1. The molecule has 1 aliphatic heterocycles. The summed E-state index contributed by atoms with van der Waals surface area (Å²) >= 11 is 6.92. The van der Waals surface area contributed by atoms with Gasteiger partial charge in [-0.25, -0.2) is 8.42 Å². The Kier molecular flexibility index (Phi) is 5.42. The van der Waals surface area contributed by atoms with Gasteiger partial charge in [-0.1, -0.05) is 0 Å². The van der Waals surface area contributed by atoms with Gasteiger partial charge in [-0.3, -0.25) is 4.79 Å². The van der Waals surface area contributed by atoms with Crippen molar-refractivity contribution in [2.45, 2.75) is 48.3 Å². The lowest BCUT2D eigenvalue weighted by Crippen LogP contribution is -2.61. The van der Waals surface area contributed by atoms with Crippen LogP contribution in [-0.2, 0) is 14.8 Å². The van der Waals surface area contributed by atoms with Crippen molar-refractivity contribution < 1.29 is 22.7 Å². The second-order valence-electron chi connectivity index (χ2n) is 10.1.